The number of carbonyl (C=O) groups is 1. The third kappa shape index (κ3) is 2.75. The summed E-state index contributed by atoms with van der Waals surface area (Å²) in [5, 5.41) is 0. The first-order valence-electron chi connectivity index (χ1n) is 4.42. The first kappa shape index (κ1) is 13.0. The fourth-order valence-electron chi connectivity index (χ4n) is 1.03. The molecule has 0 spiro atoms. The van der Waals surface area contributed by atoms with Crippen LogP contribution in [0.2, 0.25) is 0 Å². The predicted molar refractivity (Wildman–Crippen MR) is 50.0 cm³/mol. The Balaban J connectivity index is 3.02. The second-order valence-electron chi connectivity index (χ2n) is 2.93. The highest BCUT2D eigenvalue weighted by Crippen LogP contribution is 2.19. The molecule has 0 saturated heterocycles. The summed E-state index contributed by atoms with van der Waals surface area (Å²) in [6.07, 6.45) is 4.90. The van der Waals surface area contributed by atoms with Crippen molar-refractivity contribution in [2.24, 2.45) is 0 Å². The van der Waals surface area contributed by atoms with Crippen molar-refractivity contribution in [3.63, 3.8) is 0 Å². The lowest BCUT2D eigenvalue weighted by atomic mass is 10.2. The van der Waals surface area contributed by atoms with Gasteiger partial charge in [-0.2, -0.15) is 0 Å². The Kier molecular flexibility index (Phi) is 4.10. The van der Waals surface area contributed by atoms with Crippen LogP contribution in [-0.4, -0.2) is 12.6 Å². The zero-order valence-corrected chi connectivity index (χ0v) is 8.40. The number of carbonyl (C=O) groups excluding carboxylic acids is 1. The molecule has 0 aliphatic rings. The Morgan fingerprint density at radius 2 is 1.88 bits per heavy atom. The molecule has 1 aromatic rings. The summed E-state index contributed by atoms with van der Waals surface area (Å²) in [5.74, 6) is -6.43. The SMILES string of the molecule is C#CCCOC(=O)c1c(F)cc(F)c(F)c1F. The molecular formula is C11H6F4O2. The Hall–Kier alpha value is -2.03. The van der Waals surface area contributed by atoms with Crippen LogP contribution in [0.4, 0.5) is 17.6 Å². The maximum absolute atomic E-state index is 13.1. The highest BCUT2D eigenvalue weighted by atomic mass is 19.2. The molecule has 0 unspecified atom stereocenters. The van der Waals surface area contributed by atoms with Crippen LogP contribution < -0.4 is 0 Å². The van der Waals surface area contributed by atoms with Crippen LogP contribution >= 0.6 is 0 Å². The fourth-order valence-corrected chi connectivity index (χ4v) is 1.03. The van der Waals surface area contributed by atoms with Crippen LogP contribution in [0.25, 0.3) is 0 Å². The van der Waals surface area contributed by atoms with Crippen LogP contribution in [0.15, 0.2) is 6.07 Å². The molecule has 1 rings (SSSR count). The van der Waals surface area contributed by atoms with Gasteiger partial charge in [-0.1, -0.05) is 0 Å². The molecule has 0 aliphatic heterocycles. The molecule has 0 fully saturated rings. The molecule has 0 saturated carbocycles. The van der Waals surface area contributed by atoms with Gasteiger partial charge >= 0.3 is 5.97 Å². The number of rotatable bonds is 3. The molecule has 0 radical (unpaired) electrons. The van der Waals surface area contributed by atoms with Crippen LogP contribution in [0.3, 0.4) is 0 Å². The zero-order valence-electron chi connectivity index (χ0n) is 8.40. The predicted octanol–water partition coefficient (Wildman–Crippen LogP) is 2.42. The molecular weight excluding hydrogens is 240 g/mol. The van der Waals surface area contributed by atoms with E-state index in [1.54, 1.807) is 0 Å². The Labute approximate surface area is 94.2 Å². The van der Waals surface area contributed by atoms with E-state index in [0.717, 1.165) is 0 Å². The number of terminal acetylenes is 1. The van der Waals surface area contributed by atoms with Gasteiger partial charge in [0.1, 0.15) is 18.0 Å². The van der Waals surface area contributed by atoms with E-state index < -0.39 is 34.8 Å². The van der Waals surface area contributed by atoms with E-state index in [1.165, 1.54) is 0 Å². The van der Waals surface area contributed by atoms with Crippen molar-refractivity contribution in [2.75, 3.05) is 6.61 Å². The molecule has 0 aromatic heterocycles. The second-order valence-corrected chi connectivity index (χ2v) is 2.93. The highest BCUT2D eigenvalue weighted by molar-refractivity contribution is 5.90. The molecule has 17 heavy (non-hydrogen) atoms. The van der Waals surface area contributed by atoms with E-state index in [4.69, 9.17) is 6.42 Å². The summed E-state index contributed by atoms with van der Waals surface area (Å²) in [6, 6.07) is 0.0657. The van der Waals surface area contributed by atoms with Gasteiger partial charge in [-0.05, 0) is 0 Å². The topological polar surface area (TPSA) is 26.3 Å². The van der Waals surface area contributed by atoms with Gasteiger partial charge in [0.05, 0.1) is 0 Å². The molecule has 6 heteroatoms. The number of halogens is 4. The summed E-state index contributed by atoms with van der Waals surface area (Å²) in [5.41, 5.74) is -1.28. The minimum absolute atomic E-state index is 0.0403. The van der Waals surface area contributed by atoms with Gasteiger partial charge in [0.2, 0.25) is 0 Å². The summed E-state index contributed by atoms with van der Waals surface area (Å²) in [7, 11) is 0. The standard InChI is InChI=1S/C11H6F4O2/c1-2-3-4-17-11(16)8-6(12)5-7(13)9(14)10(8)15/h1,5H,3-4H2. The summed E-state index contributed by atoms with van der Waals surface area (Å²) in [4.78, 5) is 11.2. The summed E-state index contributed by atoms with van der Waals surface area (Å²) < 4.78 is 55.8. The van der Waals surface area contributed by atoms with E-state index in [2.05, 4.69) is 10.7 Å². The van der Waals surface area contributed by atoms with Crippen molar-refractivity contribution in [2.45, 2.75) is 6.42 Å². The molecule has 90 valence electrons. The van der Waals surface area contributed by atoms with Gasteiger partial charge in [0, 0.05) is 12.5 Å². The second kappa shape index (κ2) is 5.34. The summed E-state index contributed by atoms with van der Waals surface area (Å²) in [6.45, 7) is -0.271. The lowest BCUT2D eigenvalue weighted by molar-refractivity contribution is 0.0501. The van der Waals surface area contributed by atoms with Crippen molar-refractivity contribution in [3.8, 4) is 12.3 Å². The molecule has 0 bridgehead atoms. The summed E-state index contributed by atoms with van der Waals surface area (Å²) >= 11 is 0. The number of ether oxygens (including phenoxy) is 1. The number of hydrogen-bond donors (Lipinski definition) is 0. The first-order valence-corrected chi connectivity index (χ1v) is 4.42. The van der Waals surface area contributed by atoms with Crippen LogP contribution in [0.5, 0.6) is 0 Å². The Morgan fingerprint density at radius 1 is 1.24 bits per heavy atom. The van der Waals surface area contributed by atoms with Gasteiger partial charge in [-0.25, -0.2) is 22.4 Å². The maximum Gasteiger partial charge on any atom is 0.344 e. The number of benzene rings is 1. The van der Waals surface area contributed by atoms with Crippen molar-refractivity contribution < 1.29 is 27.1 Å². The first-order chi connectivity index (χ1) is 7.99. The highest BCUT2D eigenvalue weighted by Gasteiger charge is 2.25. The molecule has 0 N–H and O–H groups in total. The smallest absolute Gasteiger partial charge is 0.344 e. The Morgan fingerprint density at radius 3 is 2.47 bits per heavy atom. The molecule has 0 aliphatic carbocycles. The minimum atomic E-state index is -1.93. The van der Waals surface area contributed by atoms with Gasteiger partial charge in [-0.3, -0.25) is 0 Å². The number of hydrogen-bond acceptors (Lipinski definition) is 2. The average Bonchev–Trinajstić information content (AvgIpc) is 2.26. The molecule has 1 aromatic carbocycles. The van der Waals surface area contributed by atoms with Crippen LogP contribution in [-0.2, 0) is 4.74 Å². The molecule has 0 heterocycles. The van der Waals surface area contributed by atoms with Crippen LogP contribution in [0.1, 0.15) is 16.8 Å². The molecule has 0 amide bonds. The molecule has 2 nitrogen and oxygen atoms in total. The van der Waals surface area contributed by atoms with Crippen LogP contribution in [0, 0.1) is 35.6 Å². The quantitative estimate of drug-likeness (QED) is 0.204. The largest absolute Gasteiger partial charge is 0.461 e. The average molecular weight is 246 g/mol. The van der Waals surface area contributed by atoms with Crippen molar-refractivity contribution >= 4 is 5.97 Å². The molecule has 0 atom stereocenters. The fraction of sp³-hybridized carbons (Fsp3) is 0.182. The van der Waals surface area contributed by atoms with Crippen molar-refractivity contribution in [1.82, 2.24) is 0 Å². The Bertz CT molecular complexity index is 491. The van der Waals surface area contributed by atoms with Crippen molar-refractivity contribution in [3.05, 3.63) is 34.9 Å². The van der Waals surface area contributed by atoms with Gasteiger partial charge in [0.25, 0.3) is 0 Å². The van der Waals surface area contributed by atoms with E-state index in [9.17, 15) is 22.4 Å². The van der Waals surface area contributed by atoms with Crippen molar-refractivity contribution in [1.29, 1.82) is 0 Å². The lowest BCUT2D eigenvalue weighted by Gasteiger charge is -2.06. The number of esters is 1. The maximum atomic E-state index is 13.1. The third-order valence-electron chi connectivity index (χ3n) is 1.80. The lowest BCUT2D eigenvalue weighted by Crippen LogP contribution is -2.13. The third-order valence-corrected chi connectivity index (χ3v) is 1.80. The zero-order chi connectivity index (χ0) is 13.0. The van der Waals surface area contributed by atoms with Gasteiger partial charge in [-0.15, -0.1) is 12.3 Å². The minimum Gasteiger partial charge on any atom is -0.461 e. The normalized spacial score (nSPS) is 9.82. The van der Waals surface area contributed by atoms with Gasteiger partial charge < -0.3 is 4.74 Å². The van der Waals surface area contributed by atoms with Gasteiger partial charge in [0.15, 0.2) is 17.5 Å². The van der Waals surface area contributed by atoms with E-state index in [0.29, 0.717) is 0 Å². The van der Waals surface area contributed by atoms with E-state index in [1.807, 2.05) is 0 Å². The van der Waals surface area contributed by atoms with E-state index in [-0.39, 0.29) is 19.1 Å². The van der Waals surface area contributed by atoms with E-state index >= 15 is 0 Å². The monoisotopic (exact) mass is 246 g/mol.